The van der Waals surface area contributed by atoms with Crippen molar-refractivity contribution in [1.29, 1.82) is 0 Å². The van der Waals surface area contributed by atoms with E-state index >= 15 is 0 Å². The number of carbonyl (C=O) groups is 1. The third-order valence-electron chi connectivity index (χ3n) is 2.41. The average molecular weight is 258 g/mol. The molecule has 0 saturated carbocycles. The first-order chi connectivity index (χ1) is 8.02. The molecule has 17 heavy (non-hydrogen) atoms. The molecule has 1 aromatic rings. The lowest BCUT2D eigenvalue weighted by Gasteiger charge is -2.09. The molecule has 5 heteroatoms. The number of carbonyl (C=O) groups excluding carboxylic acids is 1. The zero-order valence-electron chi connectivity index (χ0n) is 9.87. The highest BCUT2D eigenvalue weighted by atomic mass is 35.5. The van der Waals surface area contributed by atoms with E-state index in [1.807, 2.05) is 6.92 Å². The van der Waals surface area contributed by atoms with Gasteiger partial charge in [-0.05, 0) is 31.5 Å². The summed E-state index contributed by atoms with van der Waals surface area (Å²) in [4.78, 5) is 11.6. The second kappa shape index (κ2) is 6.47. The van der Waals surface area contributed by atoms with Crippen LogP contribution in [0.5, 0.6) is 5.75 Å². The quantitative estimate of drug-likeness (QED) is 0.798. The van der Waals surface area contributed by atoms with Crippen LogP contribution < -0.4 is 5.32 Å². The normalized spacial score (nSPS) is 12.2. The van der Waals surface area contributed by atoms with E-state index in [0.29, 0.717) is 18.5 Å². The van der Waals surface area contributed by atoms with Crippen molar-refractivity contribution in [2.24, 2.45) is 0 Å². The number of aromatic hydroxyl groups is 1. The predicted molar refractivity (Wildman–Crippen MR) is 67.5 cm³/mol. The fourth-order valence-electron chi connectivity index (χ4n) is 1.26. The van der Waals surface area contributed by atoms with Crippen molar-refractivity contribution in [3.05, 3.63) is 23.2 Å². The molecule has 1 amide bonds. The molecule has 0 heterocycles. The number of ether oxygens (including phenoxy) is 1. The summed E-state index contributed by atoms with van der Waals surface area (Å²) in [5.74, 6) is -0.103. The van der Waals surface area contributed by atoms with Gasteiger partial charge in [-0.2, -0.15) is 0 Å². The fourth-order valence-corrected chi connectivity index (χ4v) is 1.44. The first-order valence-electron chi connectivity index (χ1n) is 5.34. The number of phenolic OH excluding ortho intramolecular Hbond substituents is 1. The lowest BCUT2D eigenvalue weighted by atomic mass is 10.2. The van der Waals surface area contributed by atoms with Crippen molar-refractivity contribution in [2.75, 3.05) is 12.4 Å². The van der Waals surface area contributed by atoms with Crippen LogP contribution in [-0.2, 0) is 9.53 Å². The summed E-state index contributed by atoms with van der Waals surface area (Å²) in [5.41, 5.74) is 0.572. The molecule has 1 rings (SSSR count). The van der Waals surface area contributed by atoms with Gasteiger partial charge in [0.15, 0.2) is 0 Å². The highest BCUT2D eigenvalue weighted by Gasteiger charge is 2.07. The Morgan fingerprint density at radius 2 is 2.29 bits per heavy atom. The maximum Gasteiger partial charge on any atom is 0.224 e. The van der Waals surface area contributed by atoms with E-state index in [1.54, 1.807) is 13.2 Å². The summed E-state index contributed by atoms with van der Waals surface area (Å²) in [6.45, 7) is 1.91. The molecule has 2 N–H and O–H groups in total. The number of anilines is 1. The van der Waals surface area contributed by atoms with Gasteiger partial charge >= 0.3 is 0 Å². The molecule has 0 spiro atoms. The van der Waals surface area contributed by atoms with Gasteiger partial charge in [-0.15, -0.1) is 0 Å². The topological polar surface area (TPSA) is 58.6 Å². The van der Waals surface area contributed by atoms with E-state index in [9.17, 15) is 9.90 Å². The average Bonchev–Trinajstić information content (AvgIpc) is 2.31. The summed E-state index contributed by atoms with van der Waals surface area (Å²) in [6, 6.07) is 4.54. The van der Waals surface area contributed by atoms with Crippen molar-refractivity contribution >= 4 is 23.2 Å². The Bertz CT molecular complexity index is 395. The highest BCUT2D eigenvalue weighted by molar-refractivity contribution is 6.32. The number of nitrogens with one attached hydrogen (secondary N) is 1. The molecule has 4 nitrogen and oxygen atoms in total. The third-order valence-corrected chi connectivity index (χ3v) is 2.71. The minimum atomic E-state index is -0.101. The van der Waals surface area contributed by atoms with E-state index in [-0.39, 0.29) is 22.8 Å². The van der Waals surface area contributed by atoms with Crippen LogP contribution in [-0.4, -0.2) is 24.2 Å². The first kappa shape index (κ1) is 13.8. The van der Waals surface area contributed by atoms with Crippen molar-refractivity contribution in [1.82, 2.24) is 0 Å². The monoisotopic (exact) mass is 257 g/mol. The van der Waals surface area contributed by atoms with Gasteiger partial charge in [0.25, 0.3) is 0 Å². The molecular weight excluding hydrogens is 242 g/mol. The third kappa shape index (κ3) is 4.63. The van der Waals surface area contributed by atoms with Crippen LogP contribution >= 0.6 is 11.6 Å². The van der Waals surface area contributed by atoms with E-state index in [1.165, 1.54) is 12.1 Å². The molecule has 0 radical (unpaired) electrons. The smallest absolute Gasteiger partial charge is 0.224 e. The number of rotatable bonds is 5. The van der Waals surface area contributed by atoms with Gasteiger partial charge < -0.3 is 15.2 Å². The van der Waals surface area contributed by atoms with Crippen LogP contribution in [0, 0.1) is 0 Å². The van der Waals surface area contributed by atoms with Crippen LogP contribution in [0.15, 0.2) is 18.2 Å². The zero-order valence-corrected chi connectivity index (χ0v) is 10.6. The first-order valence-corrected chi connectivity index (χ1v) is 5.72. The van der Waals surface area contributed by atoms with Gasteiger partial charge in [0.1, 0.15) is 5.75 Å². The summed E-state index contributed by atoms with van der Waals surface area (Å²) in [5, 5.41) is 12.1. The molecule has 1 aromatic carbocycles. The molecule has 0 aliphatic heterocycles. The van der Waals surface area contributed by atoms with Gasteiger partial charge in [-0.3, -0.25) is 4.79 Å². The van der Waals surface area contributed by atoms with Gasteiger partial charge in [-0.25, -0.2) is 0 Å². The summed E-state index contributed by atoms with van der Waals surface area (Å²) >= 11 is 5.73. The fraction of sp³-hybridized carbons (Fsp3) is 0.417. The Hall–Kier alpha value is -1.26. The number of benzene rings is 1. The molecule has 0 aromatic heterocycles. The molecule has 94 valence electrons. The molecule has 0 saturated heterocycles. The lowest BCUT2D eigenvalue weighted by molar-refractivity contribution is -0.116. The largest absolute Gasteiger partial charge is 0.506 e. The van der Waals surface area contributed by atoms with Gasteiger partial charge in [0, 0.05) is 19.2 Å². The van der Waals surface area contributed by atoms with Gasteiger partial charge in [0.2, 0.25) is 5.91 Å². The van der Waals surface area contributed by atoms with E-state index in [4.69, 9.17) is 16.3 Å². The number of hydrogen-bond donors (Lipinski definition) is 2. The second-order valence-corrected chi connectivity index (χ2v) is 4.21. The maximum atomic E-state index is 11.6. The number of halogens is 1. The van der Waals surface area contributed by atoms with Crippen LogP contribution in [0.1, 0.15) is 19.8 Å². The molecule has 0 fully saturated rings. The Morgan fingerprint density at radius 1 is 1.59 bits per heavy atom. The lowest BCUT2D eigenvalue weighted by Crippen LogP contribution is -2.15. The van der Waals surface area contributed by atoms with Crippen molar-refractivity contribution in [3.8, 4) is 5.75 Å². The van der Waals surface area contributed by atoms with Crippen molar-refractivity contribution in [3.63, 3.8) is 0 Å². The number of phenols is 1. The molecular formula is C12H16ClNO3. The Morgan fingerprint density at radius 3 is 2.88 bits per heavy atom. The highest BCUT2D eigenvalue weighted by Crippen LogP contribution is 2.26. The van der Waals surface area contributed by atoms with E-state index in [0.717, 1.165) is 0 Å². The number of amides is 1. The van der Waals surface area contributed by atoms with Crippen LogP contribution in [0.25, 0.3) is 0 Å². The molecule has 0 aliphatic rings. The number of hydrogen-bond acceptors (Lipinski definition) is 3. The second-order valence-electron chi connectivity index (χ2n) is 3.80. The van der Waals surface area contributed by atoms with Crippen molar-refractivity contribution in [2.45, 2.75) is 25.9 Å². The summed E-state index contributed by atoms with van der Waals surface area (Å²) < 4.78 is 5.05. The molecule has 0 aliphatic carbocycles. The van der Waals surface area contributed by atoms with Gasteiger partial charge in [0.05, 0.1) is 11.1 Å². The van der Waals surface area contributed by atoms with Gasteiger partial charge in [-0.1, -0.05) is 11.6 Å². The molecule has 1 unspecified atom stereocenters. The zero-order chi connectivity index (χ0) is 12.8. The molecule has 0 bridgehead atoms. The van der Waals surface area contributed by atoms with Crippen LogP contribution in [0.2, 0.25) is 5.02 Å². The van der Waals surface area contributed by atoms with E-state index < -0.39 is 0 Å². The summed E-state index contributed by atoms with van der Waals surface area (Å²) in [7, 11) is 1.61. The van der Waals surface area contributed by atoms with E-state index in [2.05, 4.69) is 5.32 Å². The standard InChI is InChI=1S/C12H16ClNO3/c1-8(17-2)3-6-12(16)14-9-4-5-11(15)10(13)7-9/h4-5,7-8,15H,3,6H2,1-2H3,(H,14,16). The number of methoxy groups -OCH3 is 1. The summed E-state index contributed by atoms with van der Waals surface area (Å²) in [6.07, 6.45) is 1.10. The van der Waals surface area contributed by atoms with Crippen molar-refractivity contribution < 1.29 is 14.6 Å². The SMILES string of the molecule is COC(C)CCC(=O)Nc1ccc(O)c(Cl)c1. The maximum absolute atomic E-state index is 11.6. The Kier molecular flexibility index (Phi) is 5.25. The molecule has 1 atom stereocenters. The van der Waals surface area contributed by atoms with Crippen LogP contribution in [0.4, 0.5) is 5.69 Å². The minimum absolute atomic E-state index is 0.00216. The van der Waals surface area contributed by atoms with Crippen LogP contribution in [0.3, 0.4) is 0 Å². The predicted octanol–water partition coefficient (Wildman–Crippen LogP) is 2.80. The Labute approximate surface area is 106 Å². The minimum Gasteiger partial charge on any atom is -0.506 e. The Balaban J connectivity index is 2.48.